The van der Waals surface area contributed by atoms with Crippen molar-refractivity contribution < 1.29 is 9.13 Å². The molecule has 0 aromatic heterocycles. The lowest BCUT2D eigenvalue weighted by Gasteiger charge is -2.21. The summed E-state index contributed by atoms with van der Waals surface area (Å²) in [5.41, 5.74) is 0. The van der Waals surface area contributed by atoms with Crippen LogP contribution in [0.5, 0.6) is 5.75 Å². The van der Waals surface area contributed by atoms with Crippen LogP contribution < -0.4 is 15.4 Å². The lowest BCUT2D eigenvalue weighted by atomic mass is 10.2. The summed E-state index contributed by atoms with van der Waals surface area (Å²) in [5.74, 6) is 1.05. The summed E-state index contributed by atoms with van der Waals surface area (Å²) < 4.78 is 18.9. The molecule has 3 rings (SSSR count). The summed E-state index contributed by atoms with van der Waals surface area (Å²) in [6.07, 6.45) is 3.75. The fourth-order valence-corrected chi connectivity index (χ4v) is 3.52. The summed E-state index contributed by atoms with van der Waals surface area (Å²) >= 11 is 0. The summed E-state index contributed by atoms with van der Waals surface area (Å²) in [4.78, 5) is 6.93. The molecule has 1 saturated carbocycles. The zero-order valence-corrected chi connectivity index (χ0v) is 18.1. The maximum atomic E-state index is 13.2. The van der Waals surface area contributed by atoms with Crippen molar-refractivity contribution in [2.24, 2.45) is 4.99 Å². The zero-order valence-electron chi connectivity index (χ0n) is 15.7. The molecule has 0 spiro atoms. The molecule has 146 valence electrons. The van der Waals surface area contributed by atoms with Crippen molar-refractivity contribution >= 4 is 29.9 Å². The van der Waals surface area contributed by atoms with Gasteiger partial charge in [-0.3, -0.25) is 9.89 Å². The number of nitrogens with one attached hydrogen (secondary N) is 2. The Kier molecular flexibility index (Phi) is 7.94. The van der Waals surface area contributed by atoms with E-state index in [1.807, 2.05) is 6.92 Å². The van der Waals surface area contributed by atoms with Crippen LogP contribution in [-0.4, -0.2) is 55.2 Å². The molecule has 0 bridgehead atoms. The minimum Gasteiger partial charge on any atom is -0.489 e. The monoisotopic (exact) mass is 476 g/mol. The number of hydrogen-bond acceptors (Lipinski definition) is 3. The van der Waals surface area contributed by atoms with Crippen LogP contribution in [-0.2, 0) is 0 Å². The van der Waals surface area contributed by atoms with E-state index >= 15 is 0 Å². The van der Waals surface area contributed by atoms with E-state index in [1.54, 1.807) is 19.2 Å². The van der Waals surface area contributed by atoms with E-state index in [9.17, 15) is 4.39 Å². The first-order chi connectivity index (χ1) is 12.0. The number of hydrogen-bond donors (Lipinski definition) is 2. The minimum absolute atomic E-state index is 0. The van der Waals surface area contributed by atoms with Gasteiger partial charge >= 0.3 is 0 Å². The number of rotatable bonds is 6. The highest BCUT2D eigenvalue weighted by molar-refractivity contribution is 14.0. The van der Waals surface area contributed by atoms with Gasteiger partial charge in [-0.05, 0) is 45.2 Å². The minimum atomic E-state index is -0.286. The first-order valence-corrected chi connectivity index (χ1v) is 9.20. The average Bonchev–Trinajstić information content (AvgIpc) is 3.35. The first kappa shape index (κ1) is 21.2. The molecule has 7 heteroatoms. The number of guanidine groups is 1. The molecule has 2 N–H and O–H groups in total. The molecule has 3 unspecified atom stereocenters. The SMILES string of the molecule is CN=C(NCC(C)Oc1cccc(F)c1)NC1CC(C)N(C2CC2)C1.I. The number of likely N-dealkylation sites (tertiary alicyclic amines) is 1. The van der Waals surface area contributed by atoms with Gasteiger partial charge in [0.1, 0.15) is 17.7 Å². The van der Waals surface area contributed by atoms with Crippen LogP contribution in [0.15, 0.2) is 29.3 Å². The van der Waals surface area contributed by atoms with Crippen molar-refractivity contribution in [1.29, 1.82) is 0 Å². The predicted molar refractivity (Wildman–Crippen MR) is 114 cm³/mol. The molecule has 2 aliphatic rings. The van der Waals surface area contributed by atoms with E-state index in [0.29, 0.717) is 24.4 Å². The zero-order chi connectivity index (χ0) is 17.8. The quantitative estimate of drug-likeness (QED) is 0.377. The fraction of sp³-hybridized carbons (Fsp3) is 0.632. The Balaban J connectivity index is 0.00000243. The van der Waals surface area contributed by atoms with Crippen molar-refractivity contribution in [2.75, 3.05) is 20.1 Å². The van der Waals surface area contributed by atoms with Crippen LogP contribution in [0.1, 0.15) is 33.1 Å². The Morgan fingerprint density at radius 2 is 2.19 bits per heavy atom. The van der Waals surface area contributed by atoms with E-state index in [1.165, 1.54) is 25.0 Å². The van der Waals surface area contributed by atoms with Gasteiger partial charge in [-0.1, -0.05) is 6.07 Å². The van der Waals surface area contributed by atoms with Gasteiger partial charge in [-0.25, -0.2) is 4.39 Å². The molecule has 1 aromatic rings. The molecule has 5 nitrogen and oxygen atoms in total. The van der Waals surface area contributed by atoms with Crippen molar-refractivity contribution in [1.82, 2.24) is 15.5 Å². The second-order valence-corrected chi connectivity index (χ2v) is 7.19. The van der Waals surface area contributed by atoms with E-state index in [4.69, 9.17) is 4.74 Å². The van der Waals surface area contributed by atoms with E-state index in [2.05, 4.69) is 27.4 Å². The molecule has 1 saturated heterocycles. The molecule has 0 amide bonds. The molecule has 26 heavy (non-hydrogen) atoms. The Labute approximate surface area is 172 Å². The van der Waals surface area contributed by atoms with Crippen LogP contribution in [0.3, 0.4) is 0 Å². The van der Waals surface area contributed by atoms with Gasteiger partial charge in [0, 0.05) is 37.8 Å². The second-order valence-electron chi connectivity index (χ2n) is 7.19. The molecular formula is C19H30FIN4O. The lowest BCUT2D eigenvalue weighted by Crippen LogP contribution is -2.47. The number of nitrogens with zero attached hydrogens (tertiary/aromatic N) is 2. The lowest BCUT2D eigenvalue weighted by molar-refractivity contribution is 0.223. The Hall–Kier alpha value is -1.09. The summed E-state index contributed by atoms with van der Waals surface area (Å²) in [6, 6.07) is 8.10. The van der Waals surface area contributed by atoms with Gasteiger partial charge in [-0.15, -0.1) is 24.0 Å². The topological polar surface area (TPSA) is 48.9 Å². The van der Waals surface area contributed by atoms with Gasteiger partial charge in [0.15, 0.2) is 5.96 Å². The molecule has 1 heterocycles. The Morgan fingerprint density at radius 1 is 1.42 bits per heavy atom. The van der Waals surface area contributed by atoms with Crippen molar-refractivity contribution in [3.63, 3.8) is 0 Å². The molecule has 2 fully saturated rings. The van der Waals surface area contributed by atoms with E-state index in [0.717, 1.165) is 25.0 Å². The van der Waals surface area contributed by atoms with E-state index in [-0.39, 0.29) is 35.9 Å². The summed E-state index contributed by atoms with van der Waals surface area (Å²) in [5, 5.41) is 6.83. The maximum Gasteiger partial charge on any atom is 0.191 e. The Bertz CT molecular complexity index is 611. The third kappa shape index (κ3) is 5.97. The standard InChI is InChI=1S/C19H29FN4O.HI/c1-13-9-16(12-24(13)17-7-8-17)23-19(21-3)22-11-14(2)25-18-6-4-5-15(20)10-18;/h4-6,10,13-14,16-17H,7-9,11-12H2,1-3H3,(H2,21,22,23);1H. The third-order valence-electron chi connectivity index (χ3n) is 4.89. The highest BCUT2D eigenvalue weighted by atomic mass is 127. The van der Waals surface area contributed by atoms with Crippen LogP contribution in [0, 0.1) is 5.82 Å². The van der Waals surface area contributed by atoms with E-state index < -0.39 is 0 Å². The van der Waals surface area contributed by atoms with Crippen LogP contribution >= 0.6 is 24.0 Å². The highest BCUT2D eigenvalue weighted by Crippen LogP contribution is 2.33. The van der Waals surface area contributed by atoms with Crippen LogP contribution in [0.2, 0.25) is 0 Å². The number of aliphatic imine (C=N–C) groups is 1. The third-order valence-corrected chi connectivity index (χ3v) is 4.89. The van der Waals surface area contributed by atoms with Crippen molar-refractivity contribution in [2.45, 2.75) is 57.3 Å². The van der Waals surface area contributed by atoms with Gasteiger partial charge in [0.2, 0.25) is 0 Å². The number of ether oxygens (including phenoxy) is 1. The number of halogens is 2. The highest BCUT2D eigenvalue weighted by Gasteiger charge is 2.38. The van der Waals surface area contributed by atoms with Gasteiger partial charge in [0.05, 0.1) is 6.54 Å². The fourth-order valence-electron chi connectivity index (χ4n) is 3.52. The smallest absolute Gasteiger partial charge is 0.191 e. The molecule has 0 radical (unpaired) electrons. The molecule has 1 aliphatic heterocycles. The largest absolute Gasteiger partial charge is 0.489 e. The maximum absolute atomic E-state index is 13.2. The van der Waals surface area contributed by atoms with Gasteiger partial charge < -0.3 is 15.4 Å². The van der Waals surface area contributed by atoms with Crippen LogP contribution in [0.4, 0.5) is 4.39 Å². The van der Waals surface area contributed by atoms with Crippen LogP contribution in [0.25, 0.3) is 0 Å². The van der Waals surface area contributed by atoms with Crippen molar-refractivity contribution in [3.05, 3.63) is 30.1 Å². The molecule has 1 aliphatic carbocycles. The number of benzene rings is 1. The van der Waals surface area contributed by atoms with Gasteiger partial charge in [-0.2, -0.15) is 0 Å². The van der Waals surface area contributed by atoms with Gasteiger partial charge in [0.25, 0.3) is 0 Å². The first-order valence-electron chi connectivity index (χ1n) is 9.20. The molecule has 3 atom stereocenters. The predicted octanol–water partition coefficient (Wildman–Crippen LogP) is 3.00. The second kappa shape index (κ2) is 9.73. The normalized spacial score (nSPS) is 24.7. The summed E-state index contributed by atoms with van der Waals surface area (Å²) in [6.45, 7) is 5.95. The average molecular weight is 476 g/mol. The Morgan fingerprint density at radius 3 is 2.85 bits per heavy atom. The molecule has 1 aromatic carbocycles. The molecular weight excluding hydrogens is 446 g/mol. The summed E-state index contributed by atoms with van der Waals surface area (Å²) in [7, 11) is 1.78. The van der Waals surface area contributed by atoms with Crippen molar-refractivity contribution in [3.8, 4) is 5.75 Å².